The van der Waals surface area contributed by atoms with E-state index < -0.39 is 5.60 Å². The van der Waals surface area contributed by atoms with E-state index >= 15 is 0 Å². The van der Waals surface area contributed by atoms with Gasteiger partial charge in [-0.05, 0) is 70.1 Å². The maximum Gasteiger partial charge on any atom is 0.158 e. The minimum Gasteiger partial charge on any atom is -0.353 e. The first-order valence-electron chi connectivity index (χ1n) is 9.03. The van der Waals surface area contributed by atoms with Crippen molar-refractivity contribution in [3.05, 3.63) is 34.9 Å². The third-order valence-electron chi connectivity index (χ3n) is 5.36. The number of halogens is 1. The predicted molar refractivity (Wildman–Crippen MR) is 95.1 cm³/mol. The van der Waals surface area contributed by atoms with Gasteiger partial charge in [-0.1, -0.05) is 23.7 Å². The van der Waals surface area contributed by atoms with E-state index in [-0.39, 0.29) is 18.1 Å². The fourth-order valence-corrected chi connectivity index (χ4v) is 4.09. The van der Waals surface area contributed by atoms with Crippen molar-refractivity contribution in [2.45, 2.75) is 64.3 Å². The average molecular weight is 351 g/mol. The van der Waals surface area contributed by atoms with Crippen LogP contribution in [0.4, 0.5) is 0 Å². The molecule has 1 aromatic rings. The molecule has 3 atom stereocenters. The van der Waals surface area contributed by atoms with E-state index in [0.29, 0.717) is 5.78 Å². The quantitative estimate of drug-likeness (QED) is 0.765. The molecule has 3 nitrogen and oxygen atoms in total. The summed E-state index contributed by atoms with van der Waals surface area (Å²) in [5, 5.41) is 0.733. The zero-order valence-electron chi connectivity index (χ0n) is 14.6. The molecule has 1 aliphatic carbocycles. The van der Waals surface area contributed by atoms with Crippen LogP contribution in [0.3, 0.4) is 0 Å². The zero-order valence-corrected chi connectivity index (χ0v) is 15.3. The third-order valence-corrected chi connectivity index (χ3v) is 5.61. The van der Waals surface area contributed by atoms with Gasteiger partial charge in [-0.15, -0.1) is 0 Å². The van der Waals surface area contributed by atoms with E-state index in [2.05, 4.69) is 0 Å². The van der Waals surface area contributed by atoms with Crippen LogP contribution in [0.1, 0.15) is 51.5 Å². The monoisotopic (exact) mass is 350 g/mol. The molecule has 3 rings (SSSR count). The fraction of sp³-hybridized carbons (Fsp3) is 0.650. The molecule has 4 heteroatoms. The average Bonchev–Trinajstić information content (AvgIpc) is 2.92. The van der Waals surface area contributed by atoms with Crippen molar-refractivity contribution >= 4 is 17.4 Å². The standard InChI is InChI=1S/C20H27ClO3/c1-20(2,24-18-5-3-4-12-23-18)17-11-8-15(19(17)22)13-14-6-9-16(21)10-7-14/h6-7,9-10,15,17-18H,3-5,8,11-13H2,1-2H3/t15-,17-,18?/m1/s1. The second-order valence-corrected chi connectivity index (χ2v) is 8.01. The third kappa shape index (κ3) is 4.19. The van der Waals surface area contributed by atoms with Gasteiger partial charge in [0.1, 0.15) is 5.78 Å². The molecule has 1 saturated carbocycles. The number of carbonyl (C=O) groups is 1. The number of ketones is 1. The lowest BCUT2D eigenvalue weighted by Crippen LogP contribution is -2.42. The van der Waals surface area contributed by atoms with E-state index in [9.17, 15) is 4.79 Å². The molecule has 2 aliphatic rings. The number of carbonyl (C=O) groups excluding carboxylic acids is 1. The van der Waals surface area contributed by atoms with Crippen LogP contribution >= 0.6 is 11.6 Å². The minimum atomic E-state index is -0.464. The lowest BCUT2D eigenvalue weighted by molar-refractivity contribution is -0.227. The van der Waals surface area contributed by atoms with Crippen LogP contribution in [0.2, 0.25) is 5.02 Å². The molecule has 0 amide bonds. The molecular weight excluding hydrogens is 324 g/mol. The molecule has 2 fully saturated rings. The van der Waals surface area contributed by atoms with Gasteiger partial charge in [-0.2, -0.15) is 0 Å². The van der Waals surface area contributed by atoms with Crippen molar-refractivity contribution in [3.8, 4) is 0 Å². The van der Waals surface area contributed by atoms with Crippen molar-refractivity contribution in [1.82, 2.24) is 0 Å². The summed E-state index contributed by atoms with van der Waals surface area (Å²) >= 11 is 5.94. The summed E-state index contributed by atoms with van der Waals surface area (Å²) in [6, 6.07) is 7.81. The minimum absolute atomic E-state index is 0.0414. The second kappa shape index (κ2) is 7.55. The van der Waals surface area contributed by atoms with E-state index in [1.54, 1.807) is 0 Å². The summed E-state index contributed by atoms with van der Waals surface area (Å²) in [5.74, 6) is 0.386. The highest BCUT2D eigenvalue weighted by Crippen LogP contribution is 2.39. The second-order valence-electron chi connectivity index (χ2n) is 7.58. The summed E-state index contributed by atoms with van der Waals surface area (Å²) in [4.78, 5) is 12.9. The Labute approximate surface area is 149 Å². The molecule has 1 aliphatic heterocycles. The number of ether oxygens (including phenoxy) is 2. The van der Waals surface area contributed by atoms with Crippen molar-refractivity contribution < 1.29 is 14.3 Å². The zero-order chi connectivity index (χ0) is 17.2. The van der Waals surface area contributed by atoms with Gasteiger partial charge in [0.2, 0.25) is 0 Å². The number of rotatable bonds is 5. The van der Waals surface area contributed by atoms with Crippen LogP contribution in [0.25, 0.3) is 0 Å². The topological polar surface area (TPSA) is 35.5 Å². The molecule has 1 heterocycles. The highest BCUT2D eigenvalue weighted by molar-refractivity contribution is 6.30. The molecular formula is C20H27ClO3. The van der Waals surface area contributed by atoms with Gasteiger partial charge in [-0.25, -0.2) is 0 Å². The first kappa shape index (κ1) is 17.9. The van der Waals surface area contributed by atoms with Crippen molar-refractivity contribution in [3.63, 3.8) is 0 Å². The Balaban J connectivity index is 1.60. The molecule has 1 aromatic carbocycles. The number of Topliss-reactive ketones (excluding diaryl/α,β-unsaturated/α-hetero) is 1. The van der Waals surface area contributed by atoms with Gasteiger partial charge in [0.15, 0.2) is 6.29 Å². The Morgan fingerprint density at radius 1 is 1.17 bits per heavy atom. The predicted octanol–water partition coefficient (Wildman–Crippen LogP) is 4.80. The largest absolute Gasteiger partial charge is 0.353 e. The van der Waals surface area contributed by atoms with E-state index in [1.165, 1.54) is 5.56 Å². The molecule has 0 N–H and O–H groups in total. The maximum atomic E-state index is 12.9. The summed E-state index contributed by atoms with van der Waals surface area (Å²) < 4.78 is 11.9. The summed E-state index contributed by atoms with van der Waals surface area (Å²) in [5.41, 5.74) is 0.709. The van der Waals surface area contributed by atoms with Crippen LogP contribution in [-0.2, 0) is 20.7 Å². The normalized spacial score (nSPS) is 28.3. The van der Waals surface area contributed by atoms with Crippen LogP contribution in [0, 0.1) is 11.8 Å². The highest BCUT2D eigenvalue weighted by Gasteiger charge is 2.45. The fourth-order valence-electron chi connectivity index (χ4n) is 3.96. The summed E-state index contributed by atoms with van der Waals surface area (Å²) in [6.45, 7) is 4.84. The van der Waals surface area contributed by atoms with Gasteiger partial charge in [-0.3, -0.25) is 4.79 Å². The number of hydrogen-bond donors (Lipinski definition) is 0. The van der Waals surface area contributed by atoms with Crippen molar-refractivity contribution in [2.75, 3.05) is 6.61 Å². The van der Waals surface area contributed by atoms with Gasteiger partial charge in [0.05, 0.1) is 5.60 Å². The van der Waals surface area contributed by atoms with Crippen LogP contribution < -0.4 is 0 Å². The lowest BCUT2D eigenvalue weighted by Gasteiger charge is -2.36. The molecule has 24 heavy (non-hydrogen) atoms. The first-order chi connectivity index (χ1) is 11.5. The Morgan fingerprint density at radius 3 is 2.58 bits per heavy atom. The molecule has 0 radical (unpaired) electrons. The smallest absolute Gasteiger partial charge is 0.158 e. The molecule has 0 spiro atoms. The van der Waals surface area contributed by atoms with Gasteiger partial charge in [0.25, 0.3) is 0 Å². The SMILES string of the molecule is CC(C)(OC1CCCCO1)[C@@H]1CC[C@H](Cc2ccc(Cl)cc2)C1=O. The Morgan fingerprint density at radius 2 is 1.92 bits per heavy atom. The van der Waals surface area contributed by atoms with Gasteiger partial charge in [0, 0.05) is 23.5 Å². The van der Waals surface area contributed by atoms with E-state index in [0.717, 1.165) is 50.2 Å². The van der Waals surface area contributed by atoms with Crippen LogP contribution in [-0.4, -0.2) is 24.3 Å². The Hall–Kier alpha value is -0.900. The van der Waals surface area contributed by atoms with Gasteiger partial charge >= 0.3 is 0 Å². The van der Waals surface area contributed by atoms with Crippen LogP contribution in [0.5, 0.6) is 0 Å². The maximum absolute atomic E-state index is 12.9. The number of benzene rings is 1. The van der Waals surface area contributed by atoms with Crippen molar-refractivity contribution in [1.29, 1.82) is 0 Å². The molecule has 1 saturated heterocycles. The summed E-state index contributed by atoms with van der Waals surface area (Å²) in [6.07, 6.45) is 5.64. The van der Waals surface area contributed by atoms with Crippen LogP contribution in [0.15, 0.2) is 24.3 Å². The summed E-state index contributed by atoms with van der Waals surface area (Å²) in [7, 11) is 0. The molecule has 132 valence electrons. The van der Waals surface area contributed by atoms with Crippen molar-refractivity contribution in [2.24, 2.45) is 11.8 Å². The molecule has 1 unspecified atom stereocenters. The highest BCUT2D eigenvalue weighted by atomic mass is 35.5. The number of hydrogen-bond acceptors (Lipinski definition) is 3. The van der Waals surface area contributed by atoms with Gasteiger partial charge < -0.3 is 9.47 Å². The first-order valence-corrected chi connectivity index (χ1v) is 9.41. The molecule has 0 bridgehead atoms. The van der Waals surface area contributed by atoms with E-state index in [1.807, 2.05) is 38.1 Å². The van der Waals surface area contributed by atoms with E-state index in [4.69, 9.17) is 21.1 Å². The lowest BCUT2D eigenvalue weighted by atomic mass is 9.86. The molecule has 0 aromatic heterocycles. The Bertz CT molecular complexity index is 561. The Kier molecular flexibility index (Phi) is 5.63.